The Morgan fingerprint density at radius 2 is 2.25 bits per heavy atom. The van der Waals surface area contributed by atoms with Crippen LogP contribution in [0.5, 0.6) is 0 Å². The monoisotopic (exact) mass is 283 g/mol. The first kappa shape index (κ1) is 15.7. The van der Waals surface area contributed by atoms with Crippen LogP contribution >= 0.6 is 0 Å². The highest BCUT2D eigenvalue weighted by Gasteiger charge is 2.40. The summed E-state index contributed by atoms with van der Waals surface area (Å²) in [6, 6.07) is 1.26. The third kappa shape index (κ3) is 3.71. The van der Waals surface area contributed by atoms with E-state index in [2.05, 4.69) is 24.1 Å². The summed E-state index contributed by atoms with van der Waals surface area (Å²) in [4.78, 5) is 14.3. The lowest BCUT2D eigenvalue weighted by Crippen LogP contribution is -2.59. The fourth-order valence-electron chi connectivity index (χ4n) is 3.22. The van der Waals surface area contributed by atoms with Crippen molar-refractivity contribution in [3.05, 3.63) is 0 Å². The average molecular weight is 283 g/mol. The van der Waals surface area contributed by atoms with E-state index >= 15 is 0 Å². The van der Waals surface area contributed by atoms with Crippen LogP contribution in [-0.4, -0.2) is 54.2 Å². The molecule has 1 amide bonds. The normalized spacial score (nSPS) is 28.9. The number of morpholine rings is 1. The lowest BCUT2D eigenvalue weighted by Gasteiger charge is -2.42. The number of carbonyl (C=O) groups excluding carboxylic acids is 1. The topological polar surface area (TPSA) is 67.6 Å². The molecule has 2 aliphatic rings. The molecule has 1 heterocycles. The minimum Gasteiger partial charge on any atom is -0.378 e. The SMILES string of the molecule is CCC1COCCN1C(C)CC(C)(NC1CC1)C(N)=O. The molecule has 0 bridgehead atoms. The fourth-order valence-corrected chi connectivity index (χ4v) is 3.22. The van der Waals surface area contributed by atoms with Gasteiger partial charge in [0, 0.05) is 24.7 Å². The van der Waals surface area contributed by atoms with E-state index in [0.29, 0.717) is 18.1 Å². The number of primary amides is 1. The number of nitrogens with one attached hydrogen (secondary N) is 1. The Morgan fingerprint density at radius 1 is 1.55 bits per heavy atom. The maximum atomic E-state index is 11.9. The van der Waals surface area contributed by atoms with Crippen molar-refractivity contribution in [1.82, 2.24) is 10.2 Å². The molecule has 0 radical (unpaired) electrons. The molecule has 5 heteroatoms. The van der Waals surface area contributed by atoms with E-state index in [9.17, 15) is 4.79 Å². The second kappa shape index (κ2) is 6.41. The molecule has 0 aromatic carbocycles. The molecular formula is C15H29N3O2. The van der Waals surface area contributed by atoms with Gasteiger partial charge in [-0.1, -0.05) is 6.92 Å². The average Bonchev–Trinajstić information content (AvgIpc) is 3.22. The molecule has 2 fully saturated rings. The zero-order valence-corrected chi connectivity index (χ0v) is 13.0. The van der Waals surface area contributed by atoms with Crippen LogP contribution < -0.4 is 11.1 Å². The smallest absolute Gasteiger partial charge is 0.237 e. The van der Waals surface area contributed by atoms with E-state index in [1.54, 1.807) is 0 Å². The highest BCUT2D eigenvalue weighted by Crippen LogP contribution is 2.27. The first-order chi connectivity index (χ1) is 9.46. The Morgan fingerprint density at radius 3 is 2.80 bits per heavy atom. The first-order valence-corrected chi connectivity index (χ1v) is 7.87. The quantitative estimate of drug-likeness (QED) is 0.727. The molecule has 0 spiro atoms. The molecule has 116 valence electrons. The first-order valence-electron chi connectivity index (χ1n) is 7.87. The van der Waals surface area contributed by atoms with Gasteiger partial charge in [0.1, 0.15) is 0 Å². The number of rotatable bonds is 7. The summed E-state index contributed by atoms with van der Waals surface area (Å²) in [5.74, 6) is -0.238. The van der Waals surface area contributed by atoms with Crippen molar-refractivity contribution >= 4 is 5.91 Å². The van der Waals surface area contributed by atoms with Crippen LogP contribution in [0.25, 0.3) is 0 Å². The van der Waals surface area contributed by atoms with Crippen molar-refractivity contribution in [3.8, 4) is 0 Å². The highest BCUT2D eigenvalue weighted by atomic mass is 16.5. The second-order valence-electron chi connectivity index (χ2n) is 6.54. The van der Waals surface area contributed by atoms with Gasteiger partial charge in [-0.05, 0) is 39.5 Å². The number of amides is 1. The van der Waals surface area contributed by atoms with Gasteiger partial charge >= 0.3 is 0 Å². The van der Waals surface area contributed by atoms with E-state index in [0.717, 1.165) is 45.4 Å². The summed E-state index contributed by atoms with van der Waals surface area (Å²) < 4.78 is 5.56. The standard InChI is InChI=1S/C15H29N3O2/c1-4-13-10-20-8-7-18(13)11(2)9-15(3,14(16)19)17-12-5-6-12/h11-13,17H,4-10H2,1-3H3,(H2,16,19). The molecule has 5 nitrogen and oxygen atoms in total. The van der Waals surface area contributed by atoms with E-state index < -0.39 is 5.54 Å². The maximum absolute atomic E-state index is 11.9. The highest BCUT2D eigenvalue weighted by molar-refractivity contribution is 5.84. The molecule has 0 aromatic rings. The van der Waals surface area contributed by atoms with Gasteiger partial charge in [0.15, 0.2) is 0 Å². The van der Waals surface area contributed by atoms with Crippen LogP contribution in [0.3, 0.4) is 0 Å². The number of hydrogen-bond acceptors (Lipinski definition) is 4. The lowest BCUT2D eigenvalue weighted by atomic mass is 9.91. The predicted molar refractivity (Wildman–Crippen MR) is 79.4 cm³/mol. The third-order valence-corrected chi connectivity index (χ3v) is 4.66. The Balaban J connectivity index is 1.99. The van der Waals surface area contributed by atoms with Gasteiger partial charge in [0.25, 0.3) is 0 Å². The summed E-state index contributed by atoms with van der Waals surface area (Å²) in [5, 5.41) is 3.44. The summed E-state index contributed by atoms with van der Waals surface area (Å²) in [5.41, 5.74) is 5.05. The second-order valence-corrected chi connectivity index (χ2v) is 6.54. The molecule has 1 aliphatic heterocycles. The predicted octanol–water partition coefficient (Wildman–Crippen LogP) is 0.872. The van der Waals surface area contributed by atoms with Crippen LogP contribution in [0.1, 0.15) is 46.5 Å². The Bertz CT molecular complexity index is 346. The summed E-state index contributed by atoms with van der Waals surface area (Å²) >= 11 is 0. The number of carbonyl (C=O) groups is 1. The van der Waals surface area contributed by atoms with Gasteiger partial charge in [0.05, 0.1) is 18.8 Å². The molecule has 3 atom stereocenters. The van der Waals surface area contributed by atoms with Crippen molar-refractivity contribution in [2.24, 2.45) is 5.73 Å². The van der Waals surface area contributed by atoms with Crippen molar-refractivity contribution < 1.29 is 9.53 Å². The molecule has 2 rings (SSSR count). The van der Waals surface area contributed by atoms with Crippen molar-refractivity contribution in [2.75, 3.05) is 19.8 Å². The minimum atomic E-state index is -0.600. The maximum Gasteiger partial charge on any atom is 0.237 e. The number of ether oxygens (including phenoxy) is 1. The van der Waals surface area contributed by atoms with Crippen LogP contribution in [0.2, 0.25) is 0 Å². The minimum absolute atomic E-state index is 0.238. The molecule has 1 aliphatic carbocycles. The fraction of sp³-hybridized carbons (Fsp3) is 0.933. The van der Waals surface area contributed by atoms with Crippen LogP contribution in [0, 0.1) is 0 Å². The Hall–Kier alpha value is -0.650. The van der Waals surface area contributed by atoms with Gasteiger partial charge in [-0.25, -0.2) is 0 Å². The van der Waals surface area contributed by atoms with Gasteiger partial charge < -0.3 is 15.8 Å². The van der Waals surface area contributed by atoms with Crippen LogP contribution in [0.4, 0.5) is 0 Å². The molecule has 3 N–H and O–H groups in total. The molecular weight excluding hydrogens is 254 g/mol. The third-order valence-electron chi connectivity index (χ3n) is 4.66. The number of nitrogens with two attached hydrogens (primary N) is 1. The van der Waals surface area contributed by atoms with E-state index in [1.165, 1.54) is 0 Å². The number of hydrogen-bond donors (Lipinski definition) is 2. The van der Waals surface area contributed by atoms with Crippen LogP contribution in [-0.2, 0) is 9.53 Å². The van der Waals surface area contributed by atoms with Crippen molar-refractivity contribution in [3.63, 3.8) is 0 Å². The lowest BCUT2D eigenvalue weighted by molar-refractivity contribution is -0.125. The molecule has 0 aromatic heterocycles. The van der Waals surface area contributed by atoms with E-state index in [4.69, 9.17) is 10.5 Å². The van der Waals surface area contributed by atoms with Gasteiger partial charge in [-0.2, -0.15) is 0 Å². The molecule has 1 saturated heterocycles. The molecule has 3 unspecified atom stereocenters. The zero-order valence-electron chi connectivity index (χ0n) is 13.0. The molecule has 20 heavy (non-hydrogen) atoms. The Labute approximate surface area is 122 Å². The molecule has 1 saturated carbocycles. The van der Waals surface area contributed by atoms with Crippen molar-refractivity contribution in [2.45, 2.75) is 70.1 Å². The largest absolute Gasteiger partial charge is 0.378 e. The Kier molecular flexibility index (Phi) is 5.04. The van der Waals surface area contributed by atoms with Crippen molar-refractivity contribution in [1.29, 1.82) is 0 Å². The zero-order chi connectivity index (χ0) is 14.8. The summed E-state index contributed by atoms with van der Waals surface area (Å²) in [7, 11) is 0. The van der Waals surface area contributed by atoms with Gasteiger partial charge in [-0.15, -0.1) is 0 Å². The summed E-state index contributed by atoms with van der Waals surface area (Å²) in [6.45, 7) is 8.86. The van der Waals surface area contributed by atoms with Crippen LogP contribution in [0.15, 0.2) is 0 Å². The van der Waals surface area contributed by atoms with E-state index in [1.807, 2.05) is 6.92 Å². The van der Waals surface area contributed by atoms with Gasteiger partial charge in [0.2, 0.25) is 5.91 Å². The van der Waals surface area contributed by atoms with Gasteiger partial charge in [-0.3, -0.25) is 9.69 Å². The van der Waals surface area contributed by atoms with E-state index in [-0.39, 0.29) is 5.91 Å². The number of nitrogens with zero attached hydrogens (tertiary/aromatic N) is 1. The summed E-state index contributed by atoms with van der Waals surface area (Å²) in [6.07, 6.45) is 4.15.